The number of unbranched alkanes of at least 4 members (excludes halogenated alkanes) is 5. The molecule has 2 aliphatic heterocycles. The van der Waals surface area contributed by atoms with Crippen molar-refractivity contribution in [1.82, 2.24) is 4.90 Å². The summed E-state index contributed by atoms with van der Waals surface area (Å²) in [4.78, 5) is 35.7. The van der Waals surface area contributed by atoms with Gasteiger partial charge in [-0.1, -0.05) is 25.7 Å². The number of hydrogen-bond donors (Lipinski definition) is 0. The number of likely N-dealkylation sites (tertiary alicyclic amines) is 1. The lowest BCUT2D eigenvalue weighted by Crippen LogP contribution is -2.53. The minimum Gasteiger partial charge on any atom is -0.465 e. The molecule has 0 saturated carbocycles. The Balaban J connectivity index is 1.65. The molecule has 0 N–H and O–H groups in total. The van der Waals surface area contributed by atoms with E-state index < -0.39 is 0 Å². The van der Waals surface area contributed by atoms with Gasteiger partial charge in [0.25, 0.3) is 6.47 Å². The van der Waals surface area contributed by atoms with Crippen molar-refractivity contribution >= 4 is 18.9 Å². The van der Waals surface area contributed by atoms with Crippen molar-refractivity contribution in [3.63, 3.8) is 0 Å². The van der Waals surface area contributed by atoms with Crippen LogP contribution in [0.15, 0.2) is 0 Å². The van der Waals surface area contributed by atoms with Gasteiger partial charge in [0.05, 0.1) is 19.3 Å². The minimum atomic E-state index is -0.385. The van der Waals surface area contributed by atoms with Crippen LogP contribution in [0, 0.1) is 0 Å². The van der Waals surface area contributed by atoms with Crippen LogP contribution in [0.5, 0.6) is 0 Å². The van der Waals surface area contributed by atoms with Crippen LogP contribution in [0.3, 0.4) is 0 Å². The summed E-state index contributed by atoms with van der Waals surface area (Å²) in [5, 5.41) is 0. The molecule has 0 unspecified atom stereocenters. The predicted molar refractivity (Wildman–Crippen MR) is 119 cm³/mol. The standard InChI is InChI=1S/C24H41NO7/c1-19-23(32-20(2)28)12-11-21(25(19)17-26)16-22(29-18-27)10-8-6-4-5-7-9-13-24(3)30-14-15-31-24/h17-19,21-23H,4-16H2,1-3H3/t19-,21-,22+,23-/m1/s1. The monoisotopic (exact) mass is 455 g/mol. The van der Waals surface area contributed by atoms with Crippen molar-refractivity contribution in [1.29, 1.82) is 0 Å². The maximum Gasteiger partial charge on any atom is 0.302 e. The van der Waals surface area contributed by atoms with Gasteiger partial charge in [0.15, 0.2) is 5.79 Å². The van der Waals surface area contributed by atoms with E-state index in [0.29, 0.717) is 32.5 Å². The molecule has 32 heavy (non-hydrogen) atoms. The lowest BCUT2D eigenvalue weighted by molar-refractivity contribution is -0.157. The van der Waals surface area contributed by atoms with E-state index in [2.05, 4.69) is 0 Å². The van der Waals surface area contributed by atoms with Crippen molar-refractivity contribution in [3.8, 4) is 0 Å². The topological polar surface area (TPSA) is 91.4 Å². The van der Waals surface area contributed by atoms with Gasteiger partial charge >= 0.3 is 5.97 Å². The number of piperidine rings is 1. The first-order chi connectivity index (χ1) is 15.4. The Morgan fingerprint density at radius 1 is 1.09 bits per heavy atom. The zero-order chi connectivity index (χ0) is 23.4. The summed E-state index contributed by atoms with van der Waals surface area (Å²) >= 11 is 0. The first-order valence-corrected chi connectivity index (χ1v) is 12.2. The number of amides is 1. The molecule has 184 valence electrons. The zero-order valence-corrected chi connectivity index (χ0v) is 20.0. The van der Waals surface area contributed by atoms with Crippen LogP contribution in [0.1, 0.15) is 91.4 Å². The zero-order valence-electron chi connectivity index (χ0n) is 20.0. The highest BCUT2D eigenvalue weighted by Gasteiger charge is 2.36. The van der Waals surface area contributed by atoms with Gasteiger partial charge in [0.1, 0.15) is 12.2 Å². The van der Waals surface area contributed by atoms with E-state index in [1.807, 2.05) is 13.8 Å². The Labute approximate surface area is 192 Å². The summed E-state index contributed by atoms with van der Waals surface area (Å²) in [6.07, 6.45) is 10.8. The molecule has 0 radical (unpaired) electrons. The molecule has 2 heterocycles. The van der Waals surface area contributed by atoms with E-state index in [1.165, 1.54) is 13.3 Å². The predicted octanol–water partition coefficient (Wildman–Crippen LogP) is 3.74. The summed E-state index contributed by atoms with van der Waals surface area (Å²) in [5.74, 6) is -0.716. The number of rotatable bonds is 15. The molecule has 2 saturated heterocycles. The Morgan fingerprint density at radius 3 is 2.38 bits per heavy atom. The van der Waals surface area contributed by atoms with E-state index in [-0.39, 0.29) is 36.0 Å². The highest BCUT2D eigenvalue weighted by Crippen LogP contribution is 2.29. The van der Waals surface area contributed by atoms with Crippen LogP contribution in [-0.2, 0) is 33.3 Å². The Hall–Kier alpha value is -1.67. The second kappa shape index (κ2) is 13.8. The minimum absolute atomic E-state index is 0.0133. The normalized spacial score (nSPS) is 25.8. The van der Waals surface area contributed by atoms with Gasteiger partial charge in [-0.05, 0) is 46.0 Å². The van der Waals surface area contributed by atoms with Crippen molar-refractivity contribution < 1.29 is 33.3 Å². The molecule has 1 amide bonds. The molecule has 2 fully saturated rings. The lowest BCUT2D eigenvalue weighted by atomic mass is 9.90. The third-order valence-electron chi connectivity index (χ3n) is 6.74. The van der Waals surface area contributed by atoms with Crippen LogP contribution >= 0.6 is 0 Å². The van der Waals surface area contributed by atoms with Gasteiger partial charge in [-0.3, -0.25) is 14.4 Å². The Bertz CT molecular complexity index is 579. The van der Waals surface area contributed by atoms with Gasteiger partial charge < -0.3 is 23.8 Å². The lowest BCUT2D eigenvalue weighted by Gasteiger charge is -2.43. The third-order valence-corrected chi connectivity index (χ3v) is 6.74. The second-order valence-electron chi connectivity index (χ2n) is 9.25. The summed E-state index contributed by atoms with van der Waals surface area (Å²) in [6.45, 7) is 7.20. The molecule has 8 nitrogen and oxygen atoms in total. The number of nitrogens with zero attached hydrogens (tertiary/aromatic N) is 1. The molecule has 0 aromatic rings. The fourth-order valence-electron chi connectivity index (χ4n) is 4.91. The van der Waals surface area contributed by atoms with E-state index in [0.717, 1.165) is 57.8 Å². The van der Waals surface area contributed by atoms with Crippen LogP contribution in [0.2, 0.25) is 0 Å². The second-order valence-corrected chi connectivity index (χ2v) is 9.25. The van der Waals surface area contributed by atoms with Crippen LogP contribution in [0.25, 0.3) is 0 Å². The summed E-state index contributed by atoms with van der Waals surface area (Å²) in [6, 6.07) is -0.199. The highest BCUT2D eigenvalue weighted by molar-refractivity contribution is 5.66. The maximum atomic E-state index is 11.7. The van der Waals surface area contributed by atoms with Gasteiger partial charge in [0.2, 0.25) is 6.41 Å². The van der Waals surface area contributed by atoms with Crippen LogP contribution < -0.4 is 0 Å². The van der Waals surface area contributed by atoms with E-state index in [1.54, 1.807) is 4.90 Å². The molecule has 2 rings (SSSR count). The van der Waals surface area contributed by atoms with Gasteiger partial charge in [-0.25, -0.2) is 0 Å². The number of ether oxygens (including phenoxy) is 4. The average molecular weight is 456 g/mol. The number of carbonyl (C=O) groups is 3. The maximum absolute atomic E-state index is 11.7. The van der Waals surface area contributed by atoms with E-state index in [4.69, 9.17) is 18.9 Å². The third kappa shape index (κ3) is 8.70. The molecule has 0 spiro atoms. The van der Waals surface area contributed by atoms with Crippen molar-refractivity contribution in [2.75, 3.05) is 13.2 Å². The smallest absolute Gasteiger partial charge is 0.302 e. The van der Waals surface area contributed by atoms with Gasteiger partial charge in [-0.15, -0.1) is 0 Å². The quantitative estimate of drug-likeness (QED) is 0.211. The fraction of sp³-hybridized carbons (Fsp3) is 0.875. The molecule has 0 aromatic heterocycles. The van der Waals surface area contributed by atoms with Crippen LogP contribution in [0.4, 0.5) is 0 Å². The molecule has 0 aliphatic carbocycles. The Kier molecular flexibility index (Phi) is 11.4. The molecule has 0 aromatic carbocycles. The van der Waals surface area contributed by atoms with Crippen molar-refractivity contribution in [2.24, 2.45) is 0 Å². The first kappa shape index (κ1) is 26.6. The molecule has 0 bridgehead atoms. The molecule has 8 heteroatoms. The SMILES string of the molecule is CC(=O)O[C@@H]1CC[C@H](C[C@H](CCCCCCCCC2(C)OCCO2)OC=O)N(C=O)[C@@H]1C. The summed E-state index contributed by atoms with van der Waals surface area (Å²) in [7, 11) is 0. The molecular weight excluding hydrogens is 414 g/mol. The molecule has 4 atom stereocenters. The fourth-order valence-corrected chi connectivity index (χ4v) is 4.91. The van der Waals surface area contributed by atoms with Crippen molar-refractivity contribution in [2.45, 2.75) is 121 Å². The average Bonchev–Trinajstić information content (AvgIpc) is 3.18. The van der Waals surface area contributed by atoms with Gasteiger partial charge in [-0.2, -0.15) is 0 Å². The van der Waals surface area contributed by atoms with Crippen molar-refractivity contribution in [3.05, 3.63) is 0 Å². The number of carbonyl (C=O) groups excluding carboxylic acids is 3. The highest BCUT2D eigenvalue weighted by atomic mass is 16.7. The summed E-state index contributed by atoms with van der Waals surface area (Å²) in [5.41, 5.74) is 0. The largest absolute Gasteiger partial charge is 0.465 e. The molecule has 2 aliphatic rings. The Morgan fingerprint density at radius 2 is 1.75 bits per heavy atom. The van der Waals surface area contributed by atoms with E-state index >= 15 is 0 Å². The summed E-state index contributed by atoms with van der Waals surface area (Å²) < 4.78 is 22.0. The first-order valence-electron chi connectivity index (χ1n) is 12.2. The number of hydrogen-bond acceptors (Lipinski definition) is 7. The van der Waals surface area contributed by atoms with E-state index in [9.17, 15) is 14.4 Å². The number of esters is 1. The van der Waals surface area contributed by atoms with Crippen LogP contribution in [-0.4, -0.2) is 67.0 Å². The van der Waals surface area contributed by atoms with Gasteiger partial charge in [0, 0.05) is 25.8 Å². The molecular formula is C24H41NO7.